The Bertz CT molecular complexity index is 336. The van der Waals surface area contributed by atoms with E-state index < -0.39 is 0 Å². The molecule has 2 unspecified atom stereocenters. The Labute approximate surface area is 104 Å². The van der Waals surface area contributed by atoms with Gasteiger partial charge in [0, 0.05) is 24.2 Å². The largest absolute Gasteiger partial charge is 0.472 e. The fraction of sp³-hybridized carbons (Fsp3) is 0.714. The Balaban J connectivity index is 2.06. The summed E-state index contributed by atoms with van der Waals surface area (Å²) in [5.74, 6) is 0.791. The third-order valence-corrected chi connectivity index (χ3v) is 4.26. The lowest BCUT2D eigenvalue weighted by atomic mass is 9.75. The van der Waals surface area contributed by atoms with Gasteiger partial charge in [-0.15, -0.1) is 0 Å². The number of furan rings is 1. The van der Waals surface area contributed by atoms with E-state index in [4.69, 9.17) is 10.2 Å². The Morgan fingerprint density at radius 2 is 2.41 bits per heavy atom. The molecule has 0 radical (unpaired) electrons. The van der Waals surface area contributed by atoms with Crippen LogP contribution < -0.4 is 5.73 Å². The van der Waals surface area contributed by atoms with Crippen LogP contribution >= 0.6 is 0 Å². The Kier molecular flexibility index (Phi) is 3.89. The van der Waals surface area contributed by atoms with Gasteiger partial charge in [0.2, 0.25) is 0 Å². The summed E-state index contributed by atoms with van der Waals surface area (Å²) < 4.78 is 5.13. The van der Waals surface area contributed by atoms with E-state index in [9.17, 15) is 0 Å². The van der Waals surface area contributed by atoms with E-state index in [2.05, 4.69) is 18.9 Å². The highest BCUT2D eigenvalue weighted by Gasteiger charge is 2.37. The van der Waals surface area contributed by atoms with Crippen LogP contribution in [0.4, 0.5) is 0 Å². The molecule has 1 fully saturated rings. The summed E-state index contributed by atoms with van der Waals surface area (Å²) >= 11 is 0. The first kappa shape index (κ1) is 12.7. The highest BCUT2D eigenvalue weighted by molar-refractivity contribution is 5.07. The van der Waals surface area contributed by atoms with Crippen molar-refractivity contribution in [2.24, 2.45) is 11.7 Å². The number of hydrogen-bond donors (Lipinski definition) is 1. The van der Waals surface area contributed by atoms with Crippen molar-refractivity contribution in [3.63, 3.8) is 0 Å². The highest BCUT2D eigenvalue weighted by atomic mass is 16.3. The zero-order chi connectivity index (χ0) is 12.3. The van der Waals surface area contributed by atoms with Gasteiger partial charge >= 0.3 is 0 Å². The molecule has 3 heteroatoms. The second-order valence-electron chi connectivity index (χ2n) is 5.62. The second kappa shape index (κ2) is 5.23. The van der Waals surface area contributed by atoms with E-state index in [1.54, 1.807) is 6.26 Å². The highest BCUT2D eigenvalue weighted by Crippen LogP contribution is 2.36. The fourth-order valence-corrected chi connectivity index (χ4v) is 3.14. The number of likely N-dealkylation sites (N-methyl/N-ethyl adjacent to an activating group) is 1. The maximum absolute atomic E-state index is 6.07. The van der Waals surface area contributed by atoms with Gasteiger partial charge in [0.25, 0.3) is 0 Å². The Morgan fingerprint density at radius 1 is 1.59 bits per heavy atom. The lowest BCUT2D eigenvalue weighted by Crippen LogP contribution is -2.54. The maximum Gasteiger partial charge on any atom is 0.0947 e. The van der Waals surface area contributed by atoms with Crippen LogP contribution in [0.3, 0.4) is 0 Å². The Morgan fingerprint density at radius 3 is 3.00 bits per heavy atom. The first-order chi connectivity index (χ1) is 8.16. The van der Waals surface area contributed by atoms with Gasteiger partial charge in [-0.05, 0) is 31.9 Å². The van der Waals surface area contributed by atoms with E-state index in [-0.39, 0.29) is 5.54 Å². The standard InChI is InChI=1S/C14H24N2O/c1-12-4-3-6-14(8-12,11-15)16(2)9-13-5-7-17-10-13/h5,7,10,12H,3-4,6,8-9,11,15H2,1-2H3. The van der Waals surface area contributed by atoms with Crippen LogP contribution in [0.15, 0.2) is 23.0 Å². The third-order valence-electron chi connectivity index (χ3n) is 4.26. The molecule has 2 rings (SSSR count). The molecule has 0 aromatic carbocycles. The van der Waals surface area contributed by atoms with Crippen molar-refractivity contribution in [3.8, 4) is 0 Å². The van der Waals surface area contributed by atoms with E-state index >= 15 is 0 Å². The van der Waals surface area contributed by atoms with Crippen LogP contribution in [0.25, 0.3) is 0 Å². The molecule has 3 nitrogen and oxygen atoms in total. The quantitative estimate of drug-likeness (QED) is 0.874. The molecular formula is C14H24N2O. The number of hydrogen-bond acceptors (Lipinski definition) is 3. The molecule has 17 heavy (non-hydrogen) atoms. The molecule has 1 heterocycles. The molecule has 1 saturated carbocycles. The van der Waals surface area contributed by atoms with Gasteiger partial charge in [-0.3, -0.25) is 4.90 Å². The molecular weight excluding hydrogens is 212 g/mol. The summed E-state index contributed by atoms with van der Waals surface area (Å²) in [6.45, 7) is 4.03. The van der Waals surface area contributed by atoms with Crippen LogP contribution in [0.2, 0.25) is 0 Å². The van der Waals surface area contributed by atoms with Crippen LogP contribution in [0, 0.1) is 5.92 Å². The van der Waals surface area contributed by atoms with Crippen molar-refractivity contribution in [1.82, 2.24) is 4.90 Å². The molecule has 1 aliphatic rings. The van der Waals surface area contributed by atoms with E-state index in [0.717, 1.165) is 19.0 Å². The summed E-state index contributed by atoms with van der Waals surface area (Å²) in [5.41, 5.74) is 7.49. The van der Waals surface area contributed by atoms with Crippen molar-refractivity contribution >= 4 is 0 Å². The molecule has 0 bridgehead atoms. The summed E-state index contributed by atoms with van der Waals surface area (Å²) in [6.07, 6.45) is 8.66. The smallest absolute Gasteiger partial charge is 0.0947 e. The van der Waals surface area contributed by atoms with Crippen LogP contribution in [0.1, 0.15) is 38.2 Å². The molecule has 0 saturated heterocycles. The van der Waals surface area contributed by atoms with Gasteiger partial charge in [0.05, 0.1) is 12.5 Å². The molecule has 0 aliphatic heterocycles. The first-order valence-electron chi connectivity index (χ1n) is 6.59. The topological polar surface area (TPSA) is 42.4 Å². The monoisotopic (exact) mass is 236 g/mol. The lowest BCUT2D eigenvalue weighted by Gasteiger charge is -2.46. The summed E-state index contributed by atoms with van der Waals surface area (Å²) in [6, 6.07) is 2.03. The van der Waals surface area contributed by atoms with Crippen molar-refractivity contribution < 1.29 is 4.42 Å². The SMILES string of the molecule is CC1CCCC(CN)(N(C)Cc2ccoc2)C1. The minimum atomic E-state index is 0.189. The normalized spacial score (nSPS) is 29.8. The summed E-state index contributed by atoms with van der Waals surface area (Å²) in [5, 5.41) is 0. The van der Waals surface area contributed by atoms with E-state index in [1.165, 1.54) is 31.2 Å². The second-order valence-corrected chi connectivity index (χ2v) is 5.62. The minimum Gasteiger partial charge on any atom is -0.472 e. The van der Waals surface area contributed by atoms with Crippen molar-refractivity contribution in [2.75, 3.05) is 13.6 Å². The summed E-state index contributed by atoms with van der Waals surface area (Å²) in [4.78, 5) is 2.42. The molecule has 0 spiro atoms. The van der Waals surface area contributed by atoms with E-state index in [1.807, 2.05) is 12.3 Å². The van der Waals surface area contributed by atoms with Crippen molar-refractivity contribution in [1.29, 1.82) is 0 Å². The molecule has 2 atom stereocenters. The molecule has 1 aromatic heterocycles. The molecule has 1 aromatic rings. The third kappa shape index (κ3) is 2.72. The average molecular weight is 236 g/mol. The van der Waals surface area contributed by atoms with Crippen molar-refractivity contribution in [3.05, 3.63) is 24.2 Å². The van der Waals surface area contributed by atoms with E-state index in [0.29, 0.717) is 0 Å². The first-order valence-corrected chi connectivity index (χ1v) is 6.59. The minimum absolute atomic E-state index is 0.189. The van der Waals surface area contributed by atoms with Gasteiger partial charge in [0.15, 0.2) is 0 Å². The van der Waals surface area contributed by atoms with Crippen LogP contribution in [-0.2, 0) is 6.54 Å². The summed E-state index contributed by atoms with van der Waals surface area (Å²) in [7, 11) is 2.19. The van der Waals surface area contributed by atoms with Gasteiger partial charge in [-0.2, -0.15) is 0 Å². The van der Waals surface area contributed by atoms with Gasteiger partial charge < -0.3 is 10.2 Å². The van der Waals surface area contributed by atoms with Gasteiger partial charge in [-0.25, -0.2) is 0 Å². The zero-order valence-electron chi connectivity index (χ0n) is 11.0. The van der Waals surface area contributed by atoms with Gasteiger partial charge in [0.1, 0.15) is 0 Å². The fourth-order valence-electron chi connectivity index (χ4n) is 3.14. The predicted octanol–water partition coefficient (Wildman–Crippen LogP) is 2.62. The van der Waals surface area contributed by atoms with Gasteiger partial charge in [-0.1, -0.05) is 19.8 Å². The Hall–Kier alpha value is -0.800. The molecule has 96 valence electrons. The lowest BCUT2D eigenvalue weighted by molar-refractivity contribution is 0.0553. The number of nitrogens with zero attached hydrogens (tertiary/aromatic N) is 1. The van der Waals surface area contributed by atoms with Crippen LogP contribution in [0.5, 0.6) is 0 Å². The number of nitrogens with two attached hydrogens (primary N) is 1. The molecule has 1 aliphatic carbocycles. The molecule has 0 amide bonds. The predicted molar refractivity (Wildman–Crippen MR) is 69.6 cm³/mol. The average Bonchev–Trinajstić information content (AvgIpc) is 2.81. The van der Waals surface area contributed by atoms with Crippen molar-refractivity contribution in [2.45, 2.75) is 44.7 Å². The number of rotatable bonds is 4. The molecule has 2 N–H and O–H groups in total. The van der Waals surface area contributed by atoms with Crippen LogP contribution in [-0.4, -0.2) is 24.0 Å². The zero-order valence-corrected chi connectivity index (χ0v) is 11.0. The maximum atomic E-state index is 6.07.